The maximum absolute atomic E-state index is 10.9. The Morgan fingerprint density at radius 2 is 2.55 bits per heavy atom. The summed E-state index contributed by atoms with van der Waals surface area (Å²) in [5.74, 6) is 0.523. The van der Waals surface area contributed by atoms with E-state index in [4.69, 9.17) is 10.3 Å². The predicted octanol–water partition coefficient (Wildman–Crippen LogP) is 0.378. The monoisotopic (exact) mass is 154 g/mol. The van der Waals surface area contributed by atoms with Crippen LogP contribution in [0.1, 0.15) is 23.2 Å². The first-order valence-corrected chi connectivity index (χ1v) is 3.46. The van der Waals surface area contributed by atoms with Gasteiger partial charge < -0.3 is 10.3 Å². The second-order valence-electron chi connectivity index (χ2n) is 2.16. The van der Waals surface area contributed by atoms with E-state index in [-0.39, 0.29) is 12.3 Å². The Bertz CT molecular complexity index is 255. The minimum Gasteiger partial charge on any atom is -0.361 e. The van der Waals surface area contributed by atoms with Crippen LogP contribution in [-0.2, 0) is 6.42 Å². The molecule has 1 aromatic rings. The molecule has 0 aromatic carbocycles. The second-order valence-corrected chi connectivity index (χ2v) is 2.16. The molecule has 2 N–H and O–H groups in total. The van der Waals surface area contributed by atoms with E-state index >= 15 is 0 Å². The molecular formula is C7H10N2O2. The molecule has 0 saturated carbocycles. The van der Waals surface area contributed by atoms with Crippen LogP contribution in [0.25, 0.3) is 0 Å². The quantitative estimate of drug-likeness (QED) is 0.639. The first-order valence-electron chi connectivity index (χ1n) is 3.46. The number of nitrogens with zero attached hydrogens (tertiary/aromatic N) is 1. The van der Waals surface area contributed by atoms with Gasteiger partial charge in [-0.2, -0.15) is 0 Å². The fraction of sp³-hybridized carbons (Fsp3) is 0.429. The minimum absolute atomic E-state index is 0.0182. The van der Waals surface area contributed by atoms with Crippen molar-refractivity contribution in [3.63, 3.8) is 0 Å². The maximum atomic E-state index is 10.9. The highest BCUT2D eigenvalue weighted by Gasteiger charge is 2.08. The maximum Gasteiger partial charge on any atom is 0.198 e. The van der Waals surface area contributed by atoms with Gasteiger partial charge in [0.25, 0.3) is 0 Å². The third-order valence-corrected chi connectivity index (χ3v) is 1.38. The molecular weight excluding hydrogens is 144 g/mol. The van der Waals surface area contributed by atoms with Crippen LogP contribution in [0.3, 0.4) is 0 Å². The molecule has 0 atom stereocenters. The number of ketones is 1. The number of aryl methyl sites for hydroxylation is 1. The van der Waals surface area contributed by atoms with Gasteiger partial charge in [0.15, 0.2) is 11.5 Å². The van der Waals surface area contributed by atoms with Crippen LogP contribution in [-0.4, -0.2) is 17.5 Å². The van der Waals surface area contributed by atoms with Gasteiger partial charge in [-0.05, 0) is 0 Å². The number of hydrogen-bond acceptors (Lipinski definition) is 4. The van der Waals surface area contributed by atoms with E-state index in [1.807, 2.05) is 6.92 Å². The molecule has 0 unspecified atom stereocenters. The van der Waals surface area contributed by atoms with Crippen LogP contribution in [0, 0.1) is 0 Å². The predicted molar refractivity (Wildman–Crippen MR) is 39.3 cm³/mol. The van der Waals surface area contributed by atoms with Crippen molar-refractivity contribution >= 4 is 5.78 Å². The van der Waals surface area contributed by atoms with Crippen molar-refractivity contribution in [2.24, 2.45) is 5.73 Å². The SMILES string of the molecule is CCc1cc(C(=O)CN)no1. The summed E-state index contributed by atoms with van der Waals surface area (Å²) in [5.41, 5.74) is 5.45. The average molecular weight is 154 g/mol. The third kappa shape index (κ3) is 1.65. The summed E-state index contributed by atoms with van der Waals surface area (Å²) in [6.07, 6.45) is 0.741. The largest absolute Gasteiger partial charge is 0.361 e. The van der Waals surface area contributed by atoms with Gasteiger partial charge in [0, 0.05) is 12.5 Å². The minimum atomic E-state index is -0.187. The van der Waals surface area contributed by atoms with Crippen LogP contribution in [0.5, 0.6) is 0 Å². The van der Waals surface area contributed by atoms with Gasteiger partial charge in [0.1, 0.15) is 5.76 Å². The Hall–Kier alpha value is -1.16. The topological polar surface area (TPSA) is 69.1 Å². The van der Waals surface area contributed by atoms with Crippen LogP contribution < -0.4 is 5.73 Å². The number of rotatable bonds is 3. The standard InChI is InChI=1S/C7H10N2O2/c1-2-5-3-6(9-11-5)7(10)4-8/h3H,2,4,8H2,1H3. The van der Waals surface area contributed by atoms with Crippen molar-refractivity contribution in [3.05, 3.63) is 17.5 Å². The highest BCUT2D eigenvalue weighted by molar-refractivity contribution is 5.95. The molecule has 4 heteroatoms. The third-order valence-electron chi connectivity index (χ3n) is 1.38. The molecule has 0 aliphatic heterocycles. The zero-order valence-corrected chi connectivity index (χ0v) is 6.33. The van der Waals surface area contributed by atoms with Gasteiger partial charge >= 0.3 is 0 Å². The number of carbonyl (C=O) groups excluding carboxylic acids is 1. The molecule has 1 heterocycles. The van der Waals surface area contributed by atoms with Crippen molar-refractivity contribution in [2.75, 3.05) is 6.54 Å². The van der Waals surface area contributed by atoms with Crippen LogP contribution in [0.15, 0.2) is 10.6 Å². The smallest absolute Gasteiger partial charge is 0.198 e. The Morgan fingerprint density at radius 3 is 3.00 bits per heavy atom. The summed E-state index contributed by atoms with van der Waals surface area (Å²) in [4.78, 5) is 10.9. The van der Waals surface area contributed by atoms with E-state index in [2.05, 4.69) is 5.16 Å². The van der Waals surface area contributed by atoms with Crippen LogP contribution in [0.2, 0.25) is 0 Å². The summed E-state index contributed by atoms with van der Waals surface area (Å²) < 4.78 is 4.81. The van der Waals surface area contributed by atoms with Gasteiger partial charge in [-0.3, -0.25) is 4.79 Å². The second kappa shape index (κ2) is 3.30. The summed E-state index contributed by atoms with van der Waals surface area (Å²) in [5, 5.41) is 3.55. The van der Waals surface area contributed by atoms with Crippen molar-refractivity contribution in [2.45, 2.75) is 13.3 Å². The van der Waals surface area contributed by atoms with E-state index < -0.39 is 0 Å². The molecule has 0 amide bonds. The lowest BCUT2D eigenvalue weighted by atomic mass is 10.2. The fourth-order valence-corrected chi connectivity index (χ4v) is 0.716. The molecule has 4 nitrogen and oxygen atoms in total. The highest BCUT2D eigenvalue weighted by Crippen LogP contribution is 2.03. The average Bonchev–Trinajstić information content (AvgIpc) is 2.50. The zero-order valence-electron chi connectivity index (χ0n) is 6.33. The lowest BCUT2D eigenvalue weighted by molar-refractivity contribution is 0.0992. The first-order chi connectivity index (χ1) is 5.27. The lowest BCUT2D eigenvalue weighted by Gasteiger charge is -1.84. The van der Waals surface area contributed by atoms with Crippen molar-refractivity contribution in [1.82, 2.24) is 5.16 Å². The van der Waals surface area contributed by atoms with Gasteiger partial charge in [-0.1, -0.05) is 12.1 Å². The van der Waals surface area contributed by atoms with E-state index in [0.717, 1.165) is 6.42 Å². The molecule has 1 aromatic heterocycles. The molecule has 0 aliphatic carbocycles. The Balaban J connectivity index is 2.80. The summed E-state index contributed by atoms with van der Waals surface area (Å²) in [7, 11) is 0. The number of hydrogen-bond donors (Lipinski definition) is 1. The molecule has 11 heavy (non-hydrogen) atoms. The summed E-state index contributed by atoms with van der Waals surface area (Å²) >= 11 is 0. The van der Waals surface area contributed by atoms with Gasteiger partial charge in [-0.25, -0.2) is 0 Å². The van der Waals surface area contributed by atoms with Gasteiger partial charge in [-0.15, -0.1) is 0 Å². The van der Waals surface area contributed by atoms with Crippen LogP contribution in [0.4, 0.5) is 0 Å². The Kier molecular flexibility index (Phi) is 2.38. The van der Waals surface area contributed by atoms with E-state index in [1.165, 1.54) is 0 Å². The normalized spacial score (nSPS) is 10.0. The highest BCUT2D eigenvalue weighted by atomic mass is 16.5. The number of carbonyl (C=O) groups is 1. The molecule has 0 radical (unpaired) electrons. The molecule has 0 fully saturated rings. The van der Waals surface area contributed by atoms with Crippen molar-refractivity contribution in [1.29, 1.82) is 0 Å². The zero-order chi connectivity index (χ0) is 8.27. The van der Waals surface area contributed by atoms with Crippen molar-refractivity contribution in [3.8, 4) is 0 Å². The Labute approximate surface area is 64.4 Å². The molecule has 1 rings (SSSR count). The van der Waals surface area contributed by atoms with Crippen molar-refractivity contribution < 1.29 is 9.32 Å². The molecule has 0 aliphatic rings. The molecule has 0 saturated heterocycles. The van der Waals surface area contributed by atoms with E-state index in [0.29, 0.717) is 11.5 Å². The number of aromatic nitrogens is 1. The molecule has 0 bridgehead atoms. The molecule has 60 valence electrons. The number of nitrogens with two attached hydrogens (primary N) is 1. The molecule has 0 spiro atoms. The Morgan fingerprint density at radius 1 is 1.82 bits per heavy atom. The van der Waals surface area contributed by atoms with Crippen LogP contribution >= 0.6 is 0 Å². The van der Waals surface area contributed by atoms with Gasteiger partial charge in [0.2, 0.25) is 0 Å². The lowest BCUT2D eigenvalue weighted by Crippen LogP contribution is -2.13. The number of Topliss-reactive ketones (excluding diaryl/α,β-unsaturated/α-hetero) is 1. The fourth-order valence-electron chi connectivity index (χ4n) is 0.716. The van der Waals surface area contributed by atoms with Gasteiger partial charge in [0.05, 0.1) is 6.54 Å². The van der Waals surface area contributed by atoms with E-state index in [9.17, 15) is 4.79 Å². The summed E-state index contributed by atoms with van der Waals surface area (Å²) in [6.45, 7) is 1.91. The first kappa shape index (κ1) is 7.94. The summed E-state index contributed by atoms with van der Waals surface area (Å²) in [6, 6.07) is 1.62. The van der Waals surface area contributed by atoms with E-state index in [1.54, 1.807) is 6.07 Å².